The van der Waals surface area contributed by atoms with Crippen LogP contribution in [0.25, 0.3) is 11.1 Å². The summed E-state index contributed by atoms with van der Waals surface area (Å²) >= 11 is 0. The maximum Gasteiger partial charge on any atom is 0.254 e. The number of hydrogen-bond acceptors (Lipinski definition) is 5. The standard InChI is InChI=1S/C22H21N3O3/c1-15-23-21(28-24-15)12-11-19-13-20(26)14-25(19)22(27)18-9-7-17(8-10-18)16-5-3-2-4-6-16/h2-10,19H,11-14H2,1H3. The van der Waals surface area contributed by atoms with Crippen LogP contribution < -0.4 is 0 Å². The third kappa shape index (κ3) is 3.86. The van der Waals surface area contributed by atoms with E-state index < -0.39 is 0 Å². The molecule has 1 aliphatic rings. The average molecular weight is 375 g/mol. The zero-order valence-corrected chi connectivity index (χ0v) is 15.7. The van der Waals surface area contributed by atoms with E-state index in [0.29, 0.717) is 36.5 Å². The zero-order valence-electron chi connectivity index (χ0n) is 15.7. The molecule has 3 aromatic rings. The lowest BCUT2D eigenvalue weighted by atomic mass is 10.0. The van der Waals surface area contributed by atoms with E-state index in [1.807, 2.05) is 54.6 Å². The number of carbonyl (C=O) groups is 2. The van der Waals surface area contributed by atoms with Gasteiger partial charge < -0.3 is 9.42 Å². The number of nitrogens with zero attached hydrogens (tertiary/aromatic N) is 3. The van der Waals surface area contributed by atoms with E-state index in [2.05, 4.69) is 10.1 Å². The minimum atomic E-state index is -0.138. The van der Waals surface area contributed by atoms with Crippen LogP contribution in [0.5, 0.6) is 0 Å². The molecule has 0 aliphatic carbocycles. The molecule has 2 aromatic carbocycles. The summed E-state index contributed by atoms with van der Waals surface area (Å²) in [5.41, 5.74) is 2.75. The van der Waals surface area contributed by atoms with Gasteiger partial charge in [0.2, 0.25) is 5.89 Å². The van der Waals surface area contributed by atoms with Crippen molar-refractivity contribution in [2.24, 2.45) is 0 Å². The second-order valence-electron chi connectivity index (χ2n) is 7.05. The lowest BCUT2D eigenvalue weighted by Crippen LogP contribution is -2.36. The van der Waals surface area contributed by atoms with Crippen LogP contribution in [0.1, 0.15) is 34.9 Å². The molecule has 1 unspecified atom stereocenters. The quantitative estimate of drug-likeness (QED) is 0.683. The number of rotatable bonds is 5. The van der Waals surface area contributed by atoms with Gasteiger partial charge in [-0.15, -0.1) is 0 Å². The highest BCUT2D eigenvalue weighted by Crippen LogP contribution is 2.24. The molecule has 6 heteroatoms. The SMILES string of the molecule is Cc1noc(CCC2CC(=O)CN2C(=O)c2ccc(-c3ccccc3)cc2)n1. The maximum absolute atomic E-state index is 13.0. The summed E-state index contributed by atoms with van der Waals surface area (Å²) in [5, 5.41) is 3.78. The highest BCUT2D eigenvalue weighted by molar-refractivity contribution is 5.99. The third-order valence-corrected chi connectivity index (χ3v) is 5.01. The molecular weight excluding hydrogens is 354 g/mol. The normalized spacial score (nSPS) is 16.5. The van der Waals surface area contributed by atoms with Crippen molar-refractivity contribution in [2.75, 3.05) is 6.54 Å². The molecule has 0 radical (unpaired) electrons. The van der Waals surface area contributed by atoms with Gasteiger partial charge >= 0.3 is 0 Å². The number of likely N-dealkylation sites (tertiary alicyclic amines) is 1. The van der Waals surface area contributed by atoms with Crippen molar-refractivity contribution in [3.63, 3.8) is 0 Å². The van der Waals surface area contributed by atoms with Crippen LogP contribution in [0.3, 0.4) is 0 Å². The second-order valence-corrected chi connectivity index (χ2v) is 7.05. The summed E-state index contributed by atoms with van der Waals surface area (Å²) in [6.07, 6.45) is 1.55. The monoisotopic (exact) mass is 375 g/mol. The van der Waals surface area contributed by atoms with E-state index >= 15 is 0 Å². The predicted molar refractivity (Wildman–Crippen MR) is 104 cm³/mol. The van der Waals surface area contributed by atoms with Gasteiger partial charge in [-0.25, -0.2) is 0 Å². The molecular formula is C22H21N3O3. The number of aromatic nitrogens is 2. The van der Waals surface area contributed by atoms with Gasteiger partial charge in [-0.05, 0) is 36.6 Å². The molecule has 4 rings (SSSR count). The fraction of sp³-hybridized carbons (Fsp3) is 0.273. The van der Waals surface area contributed by atoms with Gasteiger partial charge in [-0.3, -0.25) is 9.59 Å². The molecule has 0 spiro atoms. The lowest BCUT2D eigenvalue weighted by molar-refractivity contribution is -0.116. The summed E-state index contributed by atoms with van der Waals surface area (Å²) < 4.78 is 5.14. The van der Waals surface area contributed by atoms with Crippen LogP contribution in [0, 0.1) is 6.92 Å². The first-order valence-electron chi connectivity index (χ1n) is 9.37. The molecule has 1 fully saturated rings. The van der Waals surface area contributed by atoms with Crippen molar-refractivity contribution in [3.8, 4) is 11.1 Å². The topological polar surface area (TPSA) is 76.3 Å². The van der Waals surface area contributed by atoms with Crippen LogP contribution in [0.4, 0.5) is 0 Å². The van der Waals surface area contributed by atoms with E-state index in [-0.39, 0.29) is 24.3 Å². The van der Waals surface area contributed by atoms with Crippen molar-refractivity contribution >= 4 is 11.7 Å². The fourth-order valence-corrected chi connectivity index (χ4v) is 3.59. The summed E-state index contributed by atoms with van der Waals surface area (Å²) in [7, 11) is 0. The smallest absolute Gasteiger partial charge is 0.254 e. The van der Waals surface area contributed by atoms with Crippen molar-refractivity contribution < 1.29 is 14.1 Å². The first-order valence-corrected chi connectivity index (χ1v) is 9.37. The first kappa shape index (κ1) is 18.1. The molecule has 2 heterocycles. The number of hydrogen-bond donors (Lipinski definition) is 0. The largest absolute Gasteiger partial charge is 0.339 e. The Bertz CT molecular complexity index is 980. The van der Waals surface area contributed by atoms with Gasteiger partial charge in [0.05, 0.1) is 6.54 Å². The summed E-state index contributed by atoms with van der Waals surface area (Å²) in [6, 6.07) is 17.4. The van der Waals surface area contributed by atoms with Crippen LogP contribution >= 0.6 is 0 Å². The molecule has 0 saturated carbocycles. The summed E-state index contributed by atoms with van der Waals surface area (Å²) in [6.45, 7) is 1.92. The number of Topliss-reactive ketones (excluding diaryl/α,β-unsaturated/α-hetero) is 1. The number of amides is 1. The molecule has 0 N–H and O–H groups in total. The highest BCUT2D eigenvalue weighted by atomic mass is 16.5. The van der Waals surface area contributed by atoms with Gasteiger partial charge in [-0.2, -0.15) is 4.98 Å². The molecule has 1 amide bonds. The Kier molecular flexibility index (Phi) is 5.02. The van der Waals surface area contributed by atoms with Gasteiger partial charge in [0.15, 0.2) is 11.6 Å². The molecule has 28 heavy (non-hydrogen) atoms. The zero-order chi connectivity index (χ0) is 19.5. The van der Waals surface area contributed by atoms with Gasteiger partial charge in [0.25, 0.3) is 5.91 Å². The minimum absolute atomic E-state index is 0.0842. The van der Waals surface area contributed by atoms with Crippen molar-refractivity contribution in [1.29, 1.82) is 0 Å². The highest BCUT2D eigenvalue weighted by Gasteiger charge is 2.34. The Hall–Kier alpha value is -3.28. The van der Waals surface area contributed by atoms with Crippen LogP contribution in [-0.4, -0.2) is 39.3 Å². The molecule has 1 saturated heterocycles. The Morgan fingerprint density at radius 2 is 1.82 bits per heavy atom. The Morgan fingerprint density at radius 3 is 2.50 bits per heavy atom. The number of ketones is 1. The number of aryl methyl sites for hydroxylation is 2. The van der Waals surface area contributed by atoms with Crippen LogP contribution in [0.15, 0.2) is 59.1 Å². The van der Waals surface area contributed by atoms with Crippen LogP contribution in [0.2, 0.25) is 0 Å². The first-order chi connectivity index (χ1) is 13.6. The fourth-order valence-electron chi connectivity index (χ4n) is 3.59. The number of benzene rings is 2. The lowest BCUT2D eigenvalue weighted by Gasteiger charge is -2.23. The third-order valence-electron chi connectivity index (χ3n) is 5.01. The number of carbonyl (C=O) groups excluding carboxylic acids is 2. The van der Waals surface area contributed by atoms with Gasteiger partial charge in [-0.1, -0.05) is 47.6 Å². The minimum Gasteiger partial charge on any atom is -0.339 e. The molecule has 1 aromatic heterocycles. The maximum atomic E-state index is 13.0. The van der Waals surface area contributed by atoms with E-state index in [1.54, 1.807) is 11.8 Å². The van der Waals surface area contributed by atoms with Crippen molar-refractivity contribution in [2.45, 2.75) is 32.2 Å². The van der Waals surface area contributed by atoms with E-state index in [4.69, 9.17) is 4.52 Å². The summed E-state index contributed by atoms with van der Waals surface area (Å²) in [4.78, 5) is 30.9. The Labute approximate surface area is 163 Å². The molecule has 6 nitrogen and oxygen atoms in total. The Morgan fingerprint density at radius 1 is 1.11 bits per heavy atom. The molecule has 1 aliphatic heterocycles. The van der Waals surface area contributed by atoms with Crippen LogP contribution in [-0.2, 0) is 11.2 Å². The second kappa shape index (κ2) is 7.76. The Balaban J connectivity index is 1.46. The van der Waals surface area contributed by atoms with Crippen molar-refractivity contribution in [3.05, 3.63) is 71.9 Å². The summed E-state index contributed by atoms with van der Waals surface area (Å²) in [5.74, 6) is 1.10. The van der Waals surface area contributed by atoms with E-state index in [9.17, 15) is 9.59 Å². The van der Waals surface area contributed by atoms with Gasteiger partial charge in [0.1, 0.15) is 0 Å². The molecule has 142 valence electrons. The van der Waals surface area contributed by atoms with Crippen molar-refractivity contribution in [1.82, 2.24) is 15.0 Å². The average Bonchev–Trinajstić information content (AvgIpc) is 3.31. The van der Waals surface area contributed by atoms with E-state index in [0.717, 1.165) is 11.1 Å². The predicted octanol–water partition coefficient (Wildman–Crippen LogP) is 3.46. The van der Waals surface area contributed by atoms with Gasteiger partial charge in [0, 0.05) is 24.4 Å². The van der Waals surface area contributed by atoms with E-state index in [1.165, 1.54) is 0 Å². The molecule has 1 atom stereocenters. The molecule has 0 bridgehead atoms.